The van der Waals surface area contributed by atoms with Crippen molar-refractivity contribution in [3.63, 3.8) is 0 Å². The van der Waals surface area contributed by atoms with Gasteiger partial charge in [0.1, 0.15) is 0 Å². The molecule has 0 radical (unpaired) electrons. The van der Waals surface area contributed by atoms with Gasteiger partial charge in [0.15, 0.2) is 0 Å². The molecule has 4 nitrogen and oxygen atoms in total. The van der Waals surface area contributed by atoms with Crippen molar-refractivity contribution in [2.75, 3.05) is 13.1 Å². The molecule has 1 aromatic heterocycles. The maximum Gasteiger partial charge on any atom is 0.255 e. The molecule has 0 bridgehead atoms. The molecule has 1 aliphatic rings. The minimum absolute atomic E-state index is 0.0765. The molecular weight excluding hydrogens is 262 g/mol. The SMILES string of the molecule is CCC1CCCCCN1C(=O)c1cncc(C#CCN)c1. The molecule has 1 unspecified atom stereocenters. The van der Waals surface area contributed by atoms with Crippen LogP contribution in [0.4, 0.5) is 0 Å². The van der Waals surface area contributed by atoms with Crippen LogP contribution in [-0.2, 0) is 0 Å². The van der Waals surface area contributed by atoms with Crippen molar-refractivity contribution in [3.05, 3.63) is 29.6 Å². The Kier molecular flexibility index (Phi) is 5.77. The summed E-state index contributed by atoms with van der Waals surface area (Å²) in [5, 5.41) is 0. The van der Waals surface area contributed by atoms with Crippen LogP contribution in [0.5, 0.6) is 0 Å². The van der Waals surface area contributed by atoms with Gasteiger partial charge in [-0.15, -0.1) is 0 Å². The summed E-state index contributed by atoms with van der Waals surface area (Å²) in [5.74, 6) is 5.80. The third-order valence-electron chi connectivity index (χ3n) is 3.93. The molecule has 4 heteroatoms. The number of nitrogens with two attached hydrogens (primary N) is 1. The largest absolute Gasteiger partial charge is 0.336 e. The molecular formula is C17H23N3O. The maximum atomic E-state index is 12.8. The lowest BCUT2D eigenvalue weighted by atomic mass is 10.1. The van der Waals surface area contributed by atoms with Gasteiger partial charge in [0.25, 0.3) is 5.91 Å². The van der Waals surface area contributed by atoms with E-state index < -0.39 is 0 Å². The van der Waals surface area contributed by atoms with Crippen molar-refractivity contribution >= 4 is 5.91 Å². The van der Waals surface area contributed by atoms with Crippen LogP contribution in [0.1, 0.15) is 54.9 Å². The molecule has 2 heterocycles. The first-order chi connectivity index (χ1) is 10.3. The molecule has 2 N–H and O–H groups in total. The van der Waals surface area contributed by atoms with Crippen LogP contribution in [-0.4, -0.2) is 34.9 Å². The number of carbonyl (C=O) groups is 1. The first-order valence-electron chi connectivity index (χ1n) is 7.71. The van der Waals surface area contributed by atoms with E-state index in [0.29, 0.717) is 18.2 Å². The number of likely N-dealkylation sites (tertiary alicyclic amines) is 1. The number of amides is 1. The van der Waals surface area contributed by atoms with Crippen LogP contribution in [0.15, 0.2) is 18.5 Å². The fourth-order valence-corrected chi connectivity index (χ4v) is 2.81. The molecule has 0 aliphatic carbocycles. The van der Waals surface area contributed by atoms with Gasteiger partial charge in [0.05, 0.1) is 12.1 Å². The van der Waals surface area contributed by atoms with E-state index in [-0.39, 0.29) is 5.91 Å². The quantitative estimate of drug-likeness (QED) is 0.847. The second kappa shape index (κ2) is 7.80. The van der Waals surface area contributed by atoms with Crippen LogP contribution in [0.2, 0.25) is 0 Å². The number of hydrogen-bond donors (Lipinski definition) is 1. The summed E-state index contributed by atoms with van der Waals surface area (Å²) in [6.45, 7) is 3.30. The van der Waals surface area contributed by atoms with Crippen LogP contribution >= 0.6 is 0 Å². The number of pyridine rings is 1. The fourth-order valence-electron chi connectivity index (χ4n) is 2.81. The molecule has 0 aromatic carbocycles. The molecule has 1 aliphatic heterocycles. The van der Waals surface area contributed by atoms with E-state index in [9.17, 15) is 4.79 Å². The van der Waals surface area contributed by atoms with Crippen molar-refractivity contribution in [2.45, 2.75) is 45.1 Å². The second-order valence-electron chi connectivity index (χ2n) is 5.38. The zero-order chi connectivity index (χ0) is 15.1. The van der Waals surface area contributed by atoms with Gasteiger partial charge >= 0.3 is 0 Å². The van der Waals surface area contributed by atoms with Crippen molar-refractivity contribution in [3.8, 4) is 11.8 Å². The highest BCUT2D eigenvalue weighted by molar-refractivity contribution is 5.94. The predicted molar refractivity (Wildman–Crippen MR) is 83.8 cm³/mol. The smallest absolute Gasteiger partial charge is 0.255 e. The van der Waals surface area contributed by atoms with E-state index in [4.69, 9.17) is 5.73 Å². The van der Waals surface area contributed by atoms with Gasteiger partial charge in [0, 0.05) is 30.5 Å². The number of aromatic nitrogens is 1. The zero-order valence-corrected chi connectivity index (χ0v) is 12.6. The molecule has 112 valence electrons. The van der Waals surface area contributed by atoms with E-state index in [1.165, 1.54) is 12.8 Å². The van der Waals surface area contributed by atoms with Gasteiger partial charge in [0.2, 0.25) is 0 Å². The number of nitrogens with zero attached hydrogens (tertiary/aromatic N) is 2. The molecule has 1 fully saturated rings. The Morgan fingerprint density at radius 3 is 3.05 bits per heavy atom. The molecule has 0 saturated carbocycles. The van der Waals surface area contributed by atoms with Gasteiger partial charge in [-0.25, -0.2) is 0 Å². The van der Waals surface area contributed by atoms with E-state index >= 15 is 0 Å². The monoisotopic (exact) mass is 285 g/mol. The summed E-state index contributed by atoms with van der Waals surface area (Å²) in [6.07, 6.45) is 8.91. The lowest BCUT2D eigenvalue weighted by molar-refractivity contribution is 0.0677. The highest BCUT2D eigenvalue weighted by atomic mass is 16.2. The molecule has 1 saturated heterocycles. The highest BCUT2D eigenvalue weighted by Gasteiger charge is 2.25. The van der Waals surface area contributed by atoms with Crippen molar-refractivity contribution in [1.29, 1.82) is 0 Å². The average Bonchev–Trinajstić information content (AvgIpc) is 2.77. The fraction of sp³-hybridized carbons (Fsp3) is 0.529. The minimum Gasteiger partial charge on any atom is -0.336 e. The summed E-state index contributed by atoms with van der Waals surface area (Å²) in [4.78, 5) is 18.9. The topological polar surface area (TPSA) is 59.2 Å². The lowest BCUT2D eigenvalue weighted by Crippen LogP contribution is -2.39. The van der Waals surface area contributed by atoms with Gasteiger partial charge in [-0.2, -0.15) is 0 Å². The highest BCUT2D eigenvalue weighted by Crippen LogP contribution is 2.21. The summed E-state index contributed by atoms with van der Waals surface area (Å²) in [6, 6.07) is 2.16. The van der Waals surface area contributed by atoms with Crippen LogP contribution in [0.25, 0.3) is 0 Å². The third-order valence-corrected chi connectivity index (χ3v) is 3.93. The molecule has 1 amide bonds. The Morgan fingerprint density at radius 1 is 1.43 bits per heavy atom. The van der Waals surface area contributed by atoms with Crippen molar-refractivity contribution in [1.82, 2.24) is 9.88 Å². The average molecular weight is 285 g/mol. The zero-order valence-electron chi connectivity index (χ0n) is 12.6. The lowest BCUT2D eigenvalue weighted by Gasteiger charge is -2.29. The van der Waals surface area contributed by atoms with Gasteiger partial charge in [-0.3, -0.25) is 9.78 Å². The Labute approximate surface area is 126 Å². The Hall–Kier alpha value is -1.86. The summed E-state index contributed by atoms with van der Waals surface area (Å²) in [5.41, 5.74) is 6.74. The second-order valence-corrected chi connectivity index (χ2v) is 5.38. The van der Waals surface area contributed by atoms with Gasteiger partial charge < -0.3 is 10.6 Å². The number of rotatable bonds is 2. The summed E-state index contributed by atoms with van der Waals surface area (Å²) >= 11 is 0. The van der Waals surface area contributed by atoms with E-state index in [1.54, 1.807) is 12.4 Å². The Morgan fingerprint density at radius 2 is 2.29 bits per heavy atom. The number of carbonyl (C=O) groups excluding carboxylic acids is 1. The van der Waals surface area contributed by atoms with E-state index in [2.05, 4.69) is 23.7 Å². The normalized spacial score (nSPS) is 18.6. The maximum absolute atomic E-state index is 12.8. The molecule has 1 atom stereocenters. The van der Waals surface area contributed by atoms with Crippen LogP contribution < -0.4 is 5.73 Å². The number of hydrogen-bond acceptors (Lipinski definition) is 3. The first-order valence-corrected chi connectivity index (χ1v) is 7.71. The van der Waals surface area contributed by atoms with E-state index in [1.807, 2.05) is 11.0 Å². The molecule has 2 rings (SSSR count). The van der Waals surface area contributed by atoms with Crippen molar-refractivity contribution in [2.24, 2.45) is 5.73 Å². The van der Waals surface area contributed by atoms with Crippen molar-refractivity contribution < 1.29 is 4.79 Å². The van der Waals surface area contributed by atoms with Crippen LogP contribution in [0.3, 0.4) is 0 Å². The van der Waals surface area contributed by atoms with Gasteiger partial charge in [-0.05, 0) is 25.3 Å². The Balaban J connectivity index is 2.21. The van der Waals surface area contributed by atoms with Crippen LogP contribution in [0, 0.1) is 11.8 Å². The van der Waals surface area contributed by atoms with Gasteiger partial charge in [-0.1, -0.05) is 31.6 Å². The third kappa shape index (κ3) is 4.05. The standard InChI is InChI=1S/C17H23N3O/c1-2-16-8-4-3-5-10-20(16)17(21)15-11-14(7-6-9-18)12-19-13-15/h11-13,16H,2-5,8-10,18H2,1H3. The minimum atomic E-state index is 0.0765. The molecule has 1 aromatic rings. The predicted octanol–water partition coefficient (Wildman–Crippen LogP) is 2.19. The molecule has 0 spiro atoms. The summed E-state index contributed by atoms with van der Waals surface area (Å²) in [7, 11) is 0. The Bertz CT molecular complexity index is 544. The first kappa shape index (κ1) is 15.5. The van der Waals surface area contributed by atoms with E-state index in [0.717, 1.165) is 31.4 Å². The summed E-state index contributed by atoms with van der Waals surface area (Å²) < 4.78 is 0. The molecule has 21 heavy (non-hydrogen) atoms.